The second kappa shape index (κ2) is 5.01. The van der Waals surface area contributed by atoms with Gasteiger partial charge in [-0.1, -0.05) is 6.92 Å². The smallest absolute Gasteiger partial charge is 0.311 e. The van der Waals surface area contributed by atoms with Crippen LogP contribution < -0.4 is 0 Å². The first-order valence-electron chi connectivity index (χ1n) is 5.29. The Balaban J connectivity index is 2.67. The molecule has 0 unspecified atom stereocenters. The number of halogens is 1. The average Bonchev–Trinajstić information content (AvgIpc) is 2.21. The summed E-state index contributed by atoms with van der Waals surface area (Å²) in [6, 6.07) is 0. The molecule has 14 heavy (non-hydrogen) atoms. The molecule has 0 N–H and O–H groups in total. The number of carbonyl (C=O) groups excluding carboxylic acids is 1. The SMILES string of the molecule is COC(=O)C1(CCCl)CCC(C)CC1. The second-order valence-corrected chi connectivity index (χ2v) is 4.77. The molecule has 0 atom stereocenters. The fourth-order valence-corrected chi connectivity index (χ4v) is 2.63. The first-order chi connectivity index (χ1) is 6.64. The van der Waals surface area contributed by atoms with Crippen molar-refractivity contribution in [3.63, 3.8) is 0 Å². The van der Waals surface area contributed by atoms with Crippen LogP contribution in [0.5, 0.6) is 0 Å². The molecule has 1 aliphatic rings. The van der Waals surface area contributed by atoms with E-state index in [1.807, 2.05) is 0 Å². The largest absolute Gasteiger partial charge is 0.469 e. The van der Waals surface area contributed by atoms with Crippen LogP contribution >= 0.6 is 11.6 Å². The number of carbonyl (C=O) groups is 1. The summed E-state index contributed by atoms with van der Waals surface area (Å²) >= 11 is 5.75. The van der Waals surface area contributed by atoms with Gasteiger partial charge >= 0.3 is 5.97 Å². The zero-order chi connectivity index (χ0) is 10.6. The van der Waals surface area contributed by atoms with Crippen LogP contribution in [0.2, 0.25) is 0 Å². The Labute approximate surface area is 91.0 Å². The van der Waals surface area contributed by atoms with Gasteiger partial charge in [-0.05, 0) is 38.0 Å². The topological polar surface area (TPSA) is 26.3 Å². The molecule has 1 rings (SSSR count). The Bertz CT molecular complexity index is 195. The molecule has 0 amide bonds. The number of ether oxygens (including phenoxy) is 1. The minimum atomic E-state index is -0.275. The molecule has 0 heterocycles. The standard InChI is InChI=1S/C11H19ClO2/c1-9-3-5-11(6-4-9,7-8-12)10(13)14-2/h9H,3-8H2,1-2H3. The quantitative estimate of drug-likeness (QED) is 0.538. The number of hydrogen-bond acceptors (Lipinski definition) is 2. The first kappa shape index (κ1) is 11.8. The van der Waals surface area contributed by atoms with Crippen molar-refractivity contribution in [1.82, 2.24) is 0 Å². The molecular formula is C11H19ClO2. The van der Waals surface area contributed by atoms with Gasteiger partial charge in [-0.2, -0.15) is 0 Å². The minimum absolute atomic E-state index is 0.0648. The fraction of sp³-hybridized carbons (Fsp3) is 0.909. The van der Waals surface area contributed by atoms with Gasteiger partial charge in [0, 0.05) is 5.88 Å². The van der Waals surface area contributed by atoms with E-state index < -0.39 is 0 Å². The lowest BCUT2D eigenvalue weighted by Crippen LogP contribution is -2.36. The van der Waals surface area contributed by atoms with Gasteiger partial charge < -0.3 is 4.74 Å². The third-order valence-corrected chi connectivity index (χ3v) is 3.61. The van der Waals surface area contributed by atoms with E-state index in [2.05, 4.69) is 6.92 Å². The number of alkyl halides is 1. The van der Waals surface area contributed by atoms with Crippen LogP contribution in [0, 0.1) is 11.3 Å². The van der Waals surface area contributed by atoms with E-state index in [0.717, 1.165) is 38.0 Å². The molecule has 82 valence electrons. The fourth-order valence-electron chi connectivity index (χ4n) is 2.27. The highest BCUT2D eigenvalue weighted by Gasteiger charge is 2.41. The third kappa shape index (κ3) is 2.41. The van der Waals surface area contributed by atoms with Gasteiger partial charge in [0.25, 0.3) is 0 Å². The van der Waals surface area contributed by atoms with Crippen molar-refractivity contribution in [2.45, 2.75) is 39.0 Å². The summed E-state index contributed by atoms with van der Waals surface area (Å²) in [7, 11) is 1.47. The molecule has 0 aromatic carbocycles. The van der Waals surface area contributed by atoms with Gasteiger partial charge in [0.2, 0.25) is 0 Å². The monoisotopic (exact) mass is 218 g/mol. The summed E-state index contributed by atoms with van der Waals surface area (Å²) in [6.07, 6.45) is 4.87. The van der Waals surface area contributed by atoms with Crippen LogP contribution in [0.3, 0.4) is 0 Å². The minimum Gasteiger partial charge on any atom is -0.469 e. The van der Waals surface area contributed by atoms with E-state index in [4.69, 9.17) is 16.3 Å². The van der Waals surface area contributed by atoms with Crippen molar-refractivity contribution in [3.8, 4) is 0 Å². The van der Waals surface area contributed by atoms with Crippen molar-refractivity contribution < 1.29 is 9.53 Å². The van der Waals surface area contributed by atoms with Gasteiger partial charge in [-0.25, -0.2) is 0 Å². The van der Waals surface area contributed by atoms with Gasteiger partial charge in [-0.3, -0.25) is 4.79 Å². The average molecular weight is 219 g/mol. The first-order valence-corrected chi connectivity index (χ1v) is 5.82. The lowest BCUT2D eigenvalue weighted by molar-refractivity contribution is -0.155. The van der Waals surface area contributed by atoms with Crippen LogP contribution in [0.25, 0.3) is 0 Å². The maximum atomic E-state index is 11.7. The Morgan fingerprint density at radius 3 is 2.50 bits per heavy atom. The van der Waals surface area contributed by atoms with Crippen molar-refractivity contribution >= 4 is 17.6 Å². The Hall–Kier alpha value is -0.240. The van der Waals surface area contributed by atoms with Crippen LogP contribution in [-0.2, 0) is 9.53 Å². The molecule has 0 bridgehead atoms. The molecular weight excluding hydrogens is 200 g/mol. The normalized spacial score (nSPS) is 32.6. The van der Waals surface area contributed by atoms with Crippen LogP contribution in [-0.4, -0.2) is 19.0 Å². The summed E-state index contributed by atoms with van der Waals surface area (Å²) in [5.74, 6) is 1.22. The van der Waals surface area contributed by atoms with Gasteiger partial charge in [-0.15, -0.1) is 11.6 Å². The van der Waals surface area contributed by atoms with Crippen molar-refractivity contribution in [2.75, 3.05) is 13.0 Å². The number of esters is 1. The van der Waals surface area contributed by atoms with Crippen LogP contribution in [0.15, 0.2) is 0 Å². The van der Waals surface area contributed by atoms with E-state index >= 15 is 0 Å². The molecule has 0 aromatic heterocycles. The summed E-state index contributed by atoms with van der Waals surface area (Å²) in [4.78, 5) is 11.7. The molecule has 0 radical (unpaired) electrons. The van der Waals surface area contributed by atoms with Crippen molar-refractivity contribution in [3.05, 3.63) is 0 Å². The second-order valence-electron chi connectivity index (χ2n) is 4.39. The zero-order valence-electron chi connectivity index (χ0n) is 9.01. The Morgan fingerprint density at radius 2 is 2.07 bits per heavy atom. The maximum absolute atomic E-state index is 11.7. The zero-order valence-corrected chi connectivity index (χ0v) is 9.77. The molecule has 0 aromatic rings. The highest BCUT2D eigenvalue weighted by molar-refractivity contribution is 6.18. The number of methoxy groups -OCH3 is 1. The highest BCUT2D eigenvalue weighted by atomic mass is 35.5. The van der Waals surface area contributed by atoms with Crippen molar-refractivity contribution in [1.29, 1.82) is 0 Å². The van der Waals surface area contributed by atoms with Crippen LogP contribution in [0.1, 0.15) is 39.0 Å². The molecule has 1 fully saturated rings. The molecule has 2 nitrogen and oxygen atoms in total. The van der Waals surface area contributed by atoms with Gasteiger partial charge in [0.1, 0.15) is 0 Å². The van der Waals surface area contributed by atoms with Crippen LogP contribution in [0.4, 0.5) is 0 Å². The summed E-state index contributed by atoms with van der Waals surface area (Å²) in [5, 5.41) is 0. The predicted octanol–water partition coefficient (Wildman–Crippen LogP) is 2.98. The van der Waals surface area contributed by atoms with E-state index in [-0.39, 0.29) is 11.4 Å². The number of hydrogen-bond donors (Lipinski definition) is 0. The lowest BCUT2D eigenvalue weighted by Gasteiger charge is -2.36. The lowest BCUT2D eigenvalue weighted by atomic mass is 9.69. The predicted molar refractivity (Wildman–Crippen MR) is 57.4 cm³/mol. The van der Waals surface area contributed by atoms with E-state index in [1.165, 1.54) is 7.11 Å². The summed E-state index contributed by atoms with van der Waals surface area (Å²) < 4.78 is 4.88. The molecule has 0 aliphatic heterocycles. The molecule has 1 saturated carbocycles. The van der Waals surface area contributed by atoms with E-state index in [9.17, 15) is 4.79 Å². The van der Waals surface area contributed by atoms with E-state index in [1.54, 1.807) is 0 Å². The summed E-state index contributed by atoms with van der Waals surface area (Å²) in [6.45, 7) is 2.24. The Morgan fingerprint density at radius 1 is 1.50 bits per heavy atom. The van der Waals surface area contributed by atoms with Crippen molar-refractivity contribution in [2.24, 2.45) is 11.3 Å². The number of rotatable bonds is 3. The van der Waals surface area contributed by atoms with Gasteiger partial charge in [0.05, 0.1) is 12.5 Å². The summed E-state index contributed by atoms with van der Waals surface area (Å²) in [5.41, 5.74) is -0.275. The molecule has 0 saturated heterocycles. The van der Waals surface area contributed by atoms with E-state index in [0.29, 0.717) is 5.88 Å². The van der Waals surface area contributed by atoms with Gasteiger partial charge in [0.15, 0.2) is 0 Å². The molecule has 1 aliphatic carbocycles. The third-order valence-electron chi connectivity index (χ3n) is 3.42. The molecule has 0 spiro atoms. The Kier molecular flexibility index (Phi) is 4.24. The highest BCUT2D eigenvalue weighted by Crippen LogP contribution is 2.42. The maximum Gasteiger partial charge on any atom is 0.311 e. The molecule has 3 heteroatoms.